The maximum atomic E-state index is 9.05. The van der Waals surface area contributed by atoms with Gasteiger partial charge in [-0.15, -0.1) is 0 Å². The van der Waals surface area contributed by atoms with Gasteiger partial charge < -0.3 is 10.8 Å². The Hall–Kier alpha value is -0.0800. The van der Waals surface area contributed by atoms with Crippen molar-refractivity contribution in [2.45, 2.75) is 44.9 Å². The zero-order valence-corrected chi connectivity index (χ0v) is 8.54. The third-order valence-corrected chi connectivity index (χ3v) is 3.23. The highest BCUT2D eigenvalue weighted by atomic mass is 16.3. The van der Waals surface area contributed by atoms with E-state index in [2.05, 4.69) is 0 Å². The van der Waals surface area contributed by atoms with Gasteiger partial charge in [0.2, 0.25) is 0 Å². The summed E-state index contributed by atoms with van der Waals surface area (Å²) in [6, 6.07) is 0. The van der Waals surface area contributed by atoms with Crippen molar-refractivity contribution in [3.05, 3.63) is 0 Å². The van der Waals surface area contributed by atoms with Gasteiger partial charge in [0.05, 0.1) is 0 Å². The molecule has 0 spiro atoms. The molecule has 13 heavy (non-hydrogen) atoms. The first-order chi connectivity index (χ1) is 6.36. The van der Waals surface area contributed by atoms with Crippen molar-refractivity contribution in [2.24, 2.45) is 17.6 Å². The second-order valence-electron chi connectivity index (χ2n) is 4.38. The van der Waals surface area contributed by atoms with Gasteiger partial charge >= 0.3 is 0 Å². The summed E-state index contributed by atoms with van der Waals surface area (Å²) >= 11 is 0. The molecule has 1 saturated carbocycles. The van der Waals surface area contributed by atoms with Crippen LogP contribution in [0, 0.1) is 11.8 Å². The molecule has 2 heteroatoms. The molecule has 0 aromatic rings. The average Bonchev–Trinajstić information content (AvgIpc) is 2.42. The largest absolute Gasteiger partial charge is 0.396 e. The Labute approximate surface area is 81.5 Å². The Bertz CT molecular complexity index is 115. The smallest absolute Gasteiger partial charge is 0.0471 e. The molecule has 0 aromatic heterocycles. The van der Waals surface area contributed by atoms with E-state index in [0.29, 0.717) is 12.5 Å². The molecule has 1 unspecified atom stereocenters. The van der Waals surface area contributed by atoms with Crippen molar-refractivity contribution in [1.29, 1.82) is 0 Å². The monoisotopic (exact) mass is 185 g/mol. The molecule has 1 atom stereocenters. The van der Waals surface area contributed by atoms with Gasteiger partial charge in [0.15, 0.2) is 0 Å². The van der Waals surface area contributed by atoms with Crippen LogP contribution in [0.5, 0.6) is 0 Å². The van der Waals surface area contributed by atoms with Gasteiger partial charge in [-0.2, -0.15) is 0 Å². The maximum Gasteiger partial charge on any atom is 0.0471 e. The number of aliphatic hydroxyl groups excluding tert-OH is 1. The molecule has 1 rings (SSSR count). The summed E-state index contributed by atoms with van der Waals surface area (Å²) in [7, 11) is 0. The summed E-state index contributed by atoms with van der Waals surface area (Å²) < 4.78 is 0. The minimum atomic E-state index is 0.271. The molecule has 1 fully saturated rings. The lowest BCUT2D eigenvalue weighted by Gasteiger charge is -2.19. The Morgan fingerprint density at radius 1 is 1.15 bits per heavy atom. The van der Waals surface area contributed by atoms with E-state index in [-0.39, 0.29) is 6.61 Å². The highest BCUT2D eigenvalue weighted by Gasteiger charge is 2.16. The topological polar surface area (TPSA) is 46.2 Å². The molecular formula is C11H23NO. The molecule has 3 N–H and O–H groups in total. The van der Waals surface area contributed by atoms with Crippen LogP contribution in [0.4, 0.5) is 0 Å². The van der Waals surface area contributed by atoms with Crippen LogP contribution in [0.1, 0.15) is 44.9 Å². The number of hydrogen-bond donors (Lipinski definition) is 2. The van der Waals surface area contributed by atoms with E-state index in [9.17, 15) is 0 Å². The minimum absolute atomic E-state index is 0.271. The maximum absolute atomic E-state index is 9.05. The van der Waals surface area contributed by atoms with Gasteiger partial charge in [0, 0.05) is 6.61 Å². The van der Waals surface area contributed by atoms with E-state index in [1.807, 2.05) is 0 Å². The Morgan fingerprint density at radius 3 is 2.23 bits per heavy atom. The summed E-state index contributed by atoms with van der Waals surface area (Å²) in [4.78, 5) is 0. The van der Waals surface area contributed by atoms with Crippen LogP contribution in [0.15, 0.2) is 0 Å². The van der Waals surface area contributed by atoms with Gasteiger partial charge in [-0.1, -0.05) is 38.5 Å². The fraction of sp³-hybridized carbons (Fsp3) is 1.00. The van der Waals surface area contributed by atoms with Crippen LogP contribution < -0.4 is 5.73 Å². The quantitative estimate of drug-likeness (QED) is 0.657. The fourth-order valence-corrected chi connectivity index (χ4v) is 2.32. The van der Waals surface area contributed by atoms with E-state index in [0.717, 1.165) is 12.3 Å². The van der Waals surface area contributed by atoms with E-state index in [1.165, 1.54) is 38.5 Å². The van der Waals surface area contributed by atoms with Crippen LogP contribution >= 0.6 is 0 Å². The summed E-state index contributed by atoms with van der Waals surface area (Å²) in [5.74, 6) is 1.19. The van der Waals surface area contributed by atoms with Gasteiger partial charge in [-0.3, -0.25) is 0 Å². The predicted molar refractivity (Wildman–Crippen MR) is 55.4 cm³/mol. The molecule has 2 nitrogen and oxygen atoms in total. The van der Waals surface area contributed by atoms with Gasteiger partial charge in [0.25, 0.3) is 0 Å². The van der Waals surface area contributed by atoms with E-state index in [1.54, 1.807) is 0 Å². The number of hydrogen-bond acceptors (Lipinski definition) is 2. The van der Waals surface area contributed by atoms with Crippen molar-refractivity contribution in [3.8, 4) is 0 Å². The lowest BCUT2D eigenvalue weighted by molar-refractivity contribution is 0.199. The van der Waals surface area contributed by atoms with Crippen LogP contribution in [-0.2, 0) is 0 Å². The molecule has 0 saturated heterocycles. The van der Waals surface area contributed by atoms with Crippen molar-refractivity contribution in [3.63, 3.8) is 0 Å². The fourth-order valence-electron chi connectivity index (χ4n) is 2.32. The standard InChI is InChI=1S/C11H23NO/c12-8-11(9-13)7-10-5-3-1-2-4-6-10/h10-11,13H,1-9,12H2. The number of nitrogens with two attached hydrogens (primary N) is 1. The SMILES string of the molecule is NCC(CO)CC1CCCCCC1. The lowest BCUT2D eigenvalue weighted by Crippen LogP contribution is -2.21. The van der Waals surface area contributed by atoms with Gasteiger partial charge in [-0.25, -0.2) is 0 Å². The first kappa shape index (κ1) is 11.0. The van der Waals surface area contributed by atoms with Crippen molar-refractivity contribution in [2.75, 3.05) is 13.2 Å². The Balaban J connectivity index is 2.24. The van der Waals surface area contributed by atoms with Gasteiger partial charge in [-0.05, 0) is 24.8 Å². The third-order valence-electron chi connectivity index (χ3n) is 3.23. The molecule has 0 radical (unpaired) electrons. The minimum Gasteiger partial charge on any atom is -0.396 e. The second kappa shape index (κ2) is 6.39. The molecule has 1 aliphatic rings. The normalized spacial score (nSPS) is 22.6. The van der Waals surface area contributed by atoms with Crippen molar-refractivity contribution < 1.29 is 5.11 Å². The molecular weight excluding hydrogens is 162 g/mol. The molecule has 1 aliphatic carbocycles. The molecule has 0 bridgehead atoms. The van der Waals surface area contributed by atoms with Crippen LogP contribution in [0.2, 0.25) is 0 Å². The number of rotatable bonds is 4. The highest BCUT2D eigenvalue weighted by Crippen LogP contribution is 2.27. The molecule has 78 valence electrons. The van der Waals surface area contributed by atoms with E-state index in [4.69, 9.17) is 10.8 Å². The lowest BCUT2D eigenvalue weighted by atomic mass is 9.89. The average molecular weight is 185 g/mol. The van der Waals surface area contributed by atoms with Crippen LogP contribution in [0.25, 0.3) is 0 Å². The Morgan fingerprint density at radius 2 is 1.77 bits per heavy atom. The summed E-state index contributed by atoms with van der Waals surface area (Å²) in [5.41, 5.74) is 5.58. The highest BCUT2D eigenvalue weighted by molar-refractivity contribution is 4.69. The molecule has 0 amide bonds. The van der Waals surface area contributed by atoms with Crippen molar-refractivity contribution in [1.82, 2.24) is 0 Å². The first-order valence-corrected chi connectivity index (χ1v) is 5.67. The van der Waals surface area contributed by atoms with Gasteiger partial charge in [0.1, 0.15) is 0 Å². The Kier molecular flexibility index (Phi) is 5.40. The third kappa shape index (κ3) is 4.10. The summed E-state index contributed by atoms with van der Waals surface area (Å²) in [6.07, 6.45) is 9.44. The van der Waals surface area contributed by atoms with Crippen molar-refractivity contribution >= 4 is 0 Å². The zero-order valence-electron chi connectivity index (χ0n) is 8.54. The number of aliphatic hydroxyl groups is 1. The molecule has 0 aromatic carbocycles. The van der Waals surface area contributed by atoms with E-state index < -0.39 is 0 Å². The second-order valence-corrected chi connectivity index (χ2v) is 4.38. The zero-order chi connectivity index (χ0) is 9.52. The molecule has 0 heterocycles. The van der Waals surface area contributed by atoms with E-state index >= 15 is 0 Å². The van der Waals surface area contributed by atoms with Crippen LogP contribution in [-0.4, -0.2) is 18.3 Å². The molecule has 0 aliphatic heterocycles. The van der Waals surface area contributed by atoms with Crippen LogP contribution in [0.3, 0.4) is 0 Å². The predicted octanol–water partition coefficient (Wildman–Crippen LogP) is 1.91. The first-order valence-electron chi connectivity index (χ1n) is 5.67. The summed E-state index contributed by atoms with van der Waals surface area (Å²) in [6.45, 7) is 0.917. The summed E-state index contributed by atoms with van der Waals surface area (Å²) in [5, 5.41) is 9.05.